The summed E-state index contributed by atoms with van der Waals surface area (Å²) in [4.78, 5) is 13.0. The number of hydrogen-bond acceptors (Lipinski definition) is 4. The first-order chi connectivity index (χ1) is 18.8. The number of allylic oxidation sites excluding steroid dienone is 1. The van der Waals surface area contributed by atoms with Crippen LogP contribution in [0.4, 0.5) is 0 Å². The lowest BCUT2D eigenvalue weighted by Crippen LogP contribution is -2.55. The van der Waals surface area contributed by atoms with Crippen LogP contribution in [0.15, 0.2) is 71.1 Å². The fourth-order valence-electron chi connectivity index (χ4n) is 9.12. The third kappa shape index (κ3) is 4.95. The summed E-state index contributed by atoms with van der Waals surface area (Å²) in [7, 11) is -1.09. The first kappa shape index (κ1) is 27.0. The Morgan fingerprint density at radius 1 is 1.05 bits per heavy atom. The van der Waals surface area contributed by atoms with Crippen LogP contribution >= 0.6 is 0 Å². The van der Waals surface area contributed by atoms with E-state index in [1.807, 2.05) is 60.7 Å². The van der Waals surface area contributed by atoms with Crippen LogP contribution in [0, 0.1) is 35.0 Å². The molecule has 4 aliphatic carbocycles. The summed E-state index contributed by atoms with van der Waals surface area (Å²) < 4.78 is 19.1. The summed E-state index contributed by atoms with van der Waals surface area (Å²) in [5.41, 5.74) is 1.61. The third-order valence-electron chi connectivity index (χ3n) is 10.9. The largest absolute Gasteiger partial charge is 0.494 e. The summed E-state index contributed by atoms with van der Waals surface area (Å²) in [6.07, 6.45) is 9.71. The average Bonchev–Trinajstić information content (AvgIpc) is 3.19. The maximum Gasteiger partial charge on any atom is 0.155 e. The van der Waals surface area contributed by atoms with Crippen molar-refractivity contribution >= 4 is 16.6 Å². The average molecular weight is 547 g/mol. The molecule has 5 unspecified atom stereocenters. The van der Waals surface area contributed by atoms with Crippen molar-refractivity contribution in [2.45, 2.75) is 81.5 Å². The van der Waals surface area contributed by atoms with Crippen molar-refractivity contribution < 1.29 is 18.8 Å². The van der Waals surface area contributed by atoms with Gasteiger partial charge < -0.3 is 9.84 Å². The molecule has 0 saturated heterocycles. The van der Waals surface area contributed by atoms with Gasteiger partial charge in [0.2, 0.25) is 0 Å². The molecule has 0 bridgehead atoms. The van der Waals surface area contributed by atoms with Gasteiger partial charge >= 0.3 is 0 Å². The summed E-state index contributed by atoms with van der Waals surface area (Å²) in [5, 5.41) is 11.8. The molecule has 39 heavy (non-hydrogen) atoms. The van der Waals surface area contributed by atoms with Crippen LogP contribution in [0.2, 0.25) is 0 Å². The van der Waals surface area contributed by atoms with Gasteiger partial charge in [-0.3, -0.25) is 9.00 Å². The van der Waals surface area contributed by atoms with E-state index in [2.05, 4.69) is 13.8 Å². The Hall–Kier alpha value is -2.24. The number of fused-ring (bicyclic) bond motifs is 5. The number of ketones is 1. The molecule has 0 heterocycles. The number of aliphatic hydroxyl groups is 1. The maximum absolute atomic E-state index is 12.8. The highest BCUT2D eigenvalue weighted by Gasteiger charge is 2.63. The Labute approximate surface area is 235 Å². The van der Waals surface area contributed by atoms with E-state index >= 15 is 0 Å². The summed E-state index contributed by atoms with van der Waals surface area (Å²) in [5.74, 6) is 4.45. The Morgan fingerprint density at radius 2 is 1.87 bits per heavy atom. The Morgan fingerprint density at radius 3 is 2.69 bits per heavy atom. The molecular weight excluding hydrogens is 504 g/mol. The highest BCUT2D eigenvalue weighted by Crippen LogP contribution is 2.67. The van der Waals surface area contributed by atoms with Crippen molar-refractivity contribution in [2.24, 2.45) is 35.0 Å². The molecule has 0 amide bonds. The first-order valence-corrected chi connectivity index (χ1v) is 16.2. The topological polar surface area (TPSA) is 63.6 Å². The summed E-state index contributed by atoms with van der Waals surface area (Å²) >= 11 is 0. The van der Waals surface area contributed by atoms with Crippen LogP contribution in [0.25, 0.3) is 0 Å². The molecule has 4 nitrogen and oxygen atoms in total. The summed E-state index contributed by atoms with van der Waals surface area (Å²) in [6.45, 7) is 5.04. The van der Waals surface area contributed by atoms with Gasteiger partial charge in [0.25, 0.3) is 0 Å². The van der Waals surface area contributed by atoms with E-state index < -0.39 is 16.4 Å². The number of carbonyl (C=O) groups excluding carboxylic acids is 1. The van der Waals surface area contributed by atoms with Crippen LogP contribution in [-0.4, -0.2) is 27.3 Å². The Balaban J connectivity index is 1.15. The highest BCUT2D eigenvalue weighted by molar-refractivity contribution is 7.84. The van der Waals surface area contributed by atoms with E-state index in [-0.39, 0.29) is 5.41 Å². The number of hydrogen-bond donors (Lipinski definition) is 1. The minimum Gasteiger partial charge on any atom is -0.494 e. The summed E-state index contributed by atoms with van der Waals surface area (Å²) in [6, 6.07) is 17.6. The second-order valence-electron chi connectivity index (χ2n) is 12.9. The van der Waals surface area contributed by atoms with Crippen molar-refractivity contribution in [1.82, 2.24) is 0 Å². The van der Waals surface area contributed by atoms with Gasteiger partial charge in [-0.15, -0.1) is 0 Å². The molecule has 1 N–H and O–H groups in total. The monoisotopic (exact) mass is 546 g/mol. The van der Waals surface area contributed by atoms with Crippen molar-refractivity contribution in [1.29, 1.82) is 0 Å². The standard InChI is InChI=1S/C34H42O4S/c1-23-19-25-21-26(35)11-12-29(25)30-13-16-34(31(32(23)30)14-15-33(34,2)36)17-18-38-27-8-6-7-24(20-27)22-39(37)28-9-4-3-5-10-28/h3-10,20-21,23,29-32,36H,11-19,22H2,1-2H3/t23-,29?,30?,31?,32?,33+,34-,39?/m1/s1. The van der Waals surface area contributed by atoms with Crippen molar-refractivity contribution in [3.63, 3.8) is 0 Å². The second-order valence-corrected chi connectivity index (χ2v) is 14.4. The van der Waals surface area contributed by atoms with Gasteiger partial charge in [-0.1, -0.05) is 42.8 Å². The second kappa shape index (κ2) is 10.6. The van der Waals surface area contributed by atoms with Crippen LogP contribution in [0.1, 0.15) is 70.8 Å². The number of benzene rings is 2. The van der Waals surface area contributed by atoms with E-state index in [0.717, 1.165) is 61.2 Å². The smallest absolute Gasteiger partial charge is 0.155 e. The molecule has 208 valence electrons. The Bertz CT molecular complexity index is 1270. The van der Waals surface area contributed by atoms with Crippen molar-refractivity contribution in [3.05, 3.63) is 71.8 Å². The molecule has 0 aliphatic heterocycles. The van der Waals surface area contributed by atoms with Gasteiger partial charge in [-0.05, 0) is 117 Å². The van der Waals surface area contributed by atoms with Crippen LogP contribution in [0.3, 0.4) is 0 Å². The van der Waals surface area contributed by atoms with Gasteiger partial charge in [0.05, 0.1) is 28.8 Å². The molecule has 2 aromatic rings. The van der Waals surface area contributed by atoms with E-state index in [0.29, 0.717) is 54.2 Å². The number of rotatable bonds is 7. The number of ether oxygens (including phenoxy) is 1. The minimum atomic E-state index is -1.09. The number of carbonyl (C=O) groups is 1. The third-order valence-corrected chi connectivity index (χ3v) is 12.3. The van der Waals surface area contributed by atoms with E-state index in [1.165, 1.54) is 5.57 Å². The fourth-order valence-corrected chi connectivity index (χ4v) is 10.2. The SMILES string of the molecule is C[C@@H]1CC2=CC(=O)CCC2C2CC[C@@]3(CCOc4cccc(CS(=O)c5ccccc5)c4)C(CC[C@]3(C)O)C21. The van der Waals surface area contributed by atoms with E-state index in [4.69, 9.17) is 4.74 Å². The molecule has 2 aromatic carbocycles. The van der Waals surface area contributed by atoms with Crippen LogP contribution < -0.4 is 4.74 Å². The maximum atomic E-state index is 12.8. The molecule has 6 rings (SSSR count). The predicted octanol–water partition coefficient (Wildman–Crippen LogP) is 6.88. The highest BCUT2D eigenvalue weighted by atomic mass is 32.2. The molecular formula is C34H42O4S. The molecule has 3 fully saturated rings. The molecule has 0 spiro atoms. The van der Waals surface area contributed by atoms with Gasteiger partial charge in [0.15, 0.2) is 5.78 Å². The van der Waals surface area contributed by atoms with E-state index in [1.54, 1.807) is 0 Å². The molecule has 0 radical (unpaired) electrons. The lowest BCUT2D eigenvalue weighted by molar-refractivity contribution is -0.136. The lowest BCUT2D eigenvalue weighted by Gasteiger charge is -2.58. The zero-order valence-corrected chi connectivity index (χ0v) is 24.1. The normalized spacial score (nSPS) is 36.3. The zero-order valence-electron chi connectivity index (χ0n) is 23.3. The fraction of sp³-hybridized carbons (Fsp3) is 0.559. The molecule has 4 aliphatic rings. The van der Waals surface area contributed by atoms with Crippen LogP contribution in [0.5, 0.6) is 5.75 Å². The lowest BCUT2D eigenvalue weighted by atomic mass is 9.47. The molecule has 5 heteroatoms. The minimum absolute atomic E-state index is 0.124. The predicted molar refractivity (Wildman–Crippen MR) is 155 cm³/mol. The quantitative estimate of drug-likeness (QED) is 0.411. The Kier molecular flexibility index (Phi) is 7.35. The van der Waals surface area contributed by atoms with Gasteiger partial charge in [0.1, 0.15) is 5.75 Å². The van der Waals surface area contributed by atoms with E-state index in [9.17, 15) is 14.1 Å². The van der Waals surface area contributed by atoms with Crippen molar-refractivity contribution in [2.75, 3.05) is 6.61 Å². The van der Waals surface area contributed by atoms with Gasteiger partial charge in [0, 0.05) is 16.7 Å². The van der Waals surface area contributed by atoms with Gasteiger partial charge in [-0.2, -0.15) is 0 Å². The van der Waals surface area contributed by atoms with Crippen molar-refractivity contribution in [3.8, 4) is 5.75 Å². The molecule has 8 atom stereocenters. The molecule has 0 aromatic heterocycles. The zero-order chi connectivity index (χ0) is 27.2. The first-order valence-electron chi connectivity index (χ1n) is 14.9. The van der Waals surface area contributed by atoms with Gasteiger partial charge in [-0.25, -0.2) is 0 Å². The molecule has 3 saturated carbocycles. The van der Waals surface area contributed by atoms with Crippen LogP contribution in [-0.2, 0) is 21.3 Å².